The summed E-state index contributed by atoms with van der Waals surface area (Å²) in [5.41, 5.74) is 4.47. The average molecular weight is 479 g/mol. The molecule has 1 aliphatic carbocycles. The Morgan fingerprint density at radius 2 is 1.29 bits per heavy atom. The van der Waals surface area contributed by atoms with Gasteiger partial charge in [-0.15, -0.1) is 0 Å². The number of carbonyl (C=O) groups is 3. The molecule has 0 N–H and O–H groups in total. The second-order valence-electron chi connectivity index (χ2n) is 10.2. The minimum Gasteiger partial charge on any atom is -0.465 e. The Morgan fingerprint density at radius 3 is 1.74 bits per heavy atom. The molecule has 0 amide bonds. The molecule has 6 heteroatoms. The molecule has 0 saturated carbocycles. The second kappa shape index (κ2) is 9.68. The zero-order chi connectivity index (χ0) is 26.1. The molecule has 2 aromatic carbocycles. The molecule has 1 unspecified atom stereocenters. The number of hydrogen-bond acceptors (Lipinski definition) is 6. The Bertz CT molecular complexity index is 1170. The van der Waals surface area contributed by atoms with Crippen LogP contribution in [-0.4, -0.2) is 37.2 Å². The van der Waals surface area contributed by atoms with Crippen molar-refractivity contribution in [2.24, 2.45) is 0 Å². The van der Waals surface area contributed by atoms with Crippen molar-refractivity contribution in [3.63, 3.8) is 0 Å². The highest BCUT2D eigenvalue weighted by Gasteiger charge is 2.55. The van der Waals surface area contributed by atoms with Crippen molar-refractivity contribution < 1.29 is 28.6 Å². The van der Waals surface area contributed by atoms with E-state index in [0.717, 1.165) is 27.8 Å². The molecule has 0 aliphatic heterocycles. The lowest BCUT2D eigenvalue weighted by Gasteiger charge is -2.51. The Balaban J connectivity index is 2.07. The normalized spacial score (nSPS) is 20.1. The van der Waals surface area contributed by atoms with Crippen LogP contribution in [0.4, 0.5) is 0 Å². The molecular weight excluding hydrogens is 444 g/mol. The largest absolute Gasteiger partial charge is 0.465 e. The van der Waals surface area contributed by atoms with Gasteiger partial charge in [0.25, 0.3) is 0 Å². The van der Waals surface area contributed by atoms with Crippen LogP contribution >= 0.6 is 0 Å². The molecule has 2 atom stereocenters. The van der Waals surface area contributed by atoms with Crippen molar-refractivity contribution in [3.05, 3.63) is 69.8 Å². The van der Waals surface area contributed by atoms with Crippen molar-refractivity contribution in [2.75, 3.05) is 7.11 Å². The molecule has 35 heavy (non-hydrogen) atoms. The van der Waals surface area contributed by atoms with Gasteiger partial charge in [0.2, 0.25) is 0 Å². The lowest BCUT2D eigenvalue weighted by Crippen LogP contribution is -2.59. The fourth-order valence-electron chi connectivity index (χ4n) is 4.84. The predicted molar refractivity (Wildman–Crippen MR) is 135 cm³/mol. The number of fused-ring (bicyclic) bond motifs is 1. The zero-order valence-corrected chi connectivity index (χ0v) is 21.7. The third-order valence-electron chi connectivity index (χ3n) is 6.87. The molecule has 2 aromatic rings. The summed E-state index contributed by atoms with van der Waals surface area (Å²) in [7, 11) is 1.36. The van der Waals surface area contributed by atoms with Gasteiger partial charge in [-0.3, -0.25) is 9.59 Å². The molecule has 0 saturated heterocycles. The summed E-state index contributed by atoms with van der Waals surface area (Å²) >= 11 is 0. The number of aryl methyl sites for hydroxylation is 1. The standard InChI is InChI=1S/C29H34O6/c1-17-15-23-24(16-22(17)14-11-20-9-12-21(13-10-20)27(32)33-8)29(6,7)26(35-19(3)31)25(28(23,4)5)34-18(2)30/h9-16,25-26H,1-8H3/b14-11+/t25?,26-/m0/s1. The van der Waals surface area contributed by atoms with Crippen LogP contribution in [0.3, 0.4) is 0 Å². The third-order valence-corrected chi connectivity index (χ3v) is 6.87. The van der Waals surface area contributed by atoms with Crippen LogP contribution in [0.1, 0.15) is 79.7 Å². The number of ether oxygens (including phenoxy) is 3. The van der Waals surface area contributed by atoms with Gasteiger partial charge in [-0.2, -0.15) is 0 Å². The van der Waals surface area contributed by atoms with Gasteiger partial charge in [-0.25, -0.2) is 4.79 Å². The number of hydrogen-bond donors (Lipinski definition) is 0. The van der Waals surface area contributed by atoms with E-state index in [1.807, 2.05) is 58.9 Å². The first-order valence-corrected chi connectivity index (χ1v) is 11.7. The fraction of sp³-hybridized carbons (Fsp3) is 0.414. The first-order valence-electron chi connectivity index (χ1n) is 11.7. The van der Waals surface area contributed by atoms with E-state index in [1.165, 1.54) is 21.0 Å². The van der Waals surface area contributed by atoms with Gasteiger partial charge < -0.3 is 14.2 Å². The van der Waals surface area contributed by atoms with Gasteiger partial charge in [0, 0.05) is 24.7 Å². The predicted octanol–water partition coefficient (Wildman–Crippen LogP) is 5.38. The Kier molecular flexibility index (Phi) is 7.25. The molecule has 0 radical (unpaired) electrons. The van der Waals surface area contributed by atoms with Crippen LogP contribution in [0.25, 0.3) is 12.2 Å². The smallest absolute Gasteiger partial charge is 0.337 e. The molecule has 6 nitrogen and oxygen atoms in total. The summed E-state index contributed by atoms with van der Waals surface area (Å²) in [6, 6.07) is 11.5. The highest BCUT2D eigenvalue weighted by atomic mass is 16.6. The number of methoxy groups -OCH3 is 1. The summed E-state index contributed by atoms with van der Waals surface area (Å²) in [6.07, 6.45) is 2.75. The van der Waals surface area contributed by atoms with Gasteiger partial charge in [-0.05, 0) is 46.9 Å². The van der Waals surface area contributed by atoms with E-state index in [1.54, 1.807) is 12.1 Å². The molecule has 0 bridgehead atoms. The van der Waals surface area contributed by atoms with Crippen molar-refractivity contribution in [2.45, 2.75) is 71.5 Å². The maximum atomic E-state index is 12.0. The van der Waals surface area contributed by atoms with Crippen molar-refractivity contribution in [1.29, 1.82) is 0 Å². The molecule has 1 aliphatic rings. The SMILES string of the molecule is COC(=O)c1ccc(/C=C/c2cc3c(cc2C)C(C)(C)C(OC(C)=O)[C@H](OC(C)=O)C3(C)C)cc1. The van der Waals surface area contributed by atoms with E-state index < -0.39 is 35.0 Å². The maximum absolute atomic E-state index is 12.0. The summed E-state index contributed by atoms with van der Waals surface area (Å²) in [5.74, 6) is -1.19. The summed E-state index contributed by atoms with van der Waals surface area (Å²) in [5, 5.41) is 0. The van der Waals surface area contributed by atoms with E-state index in [4.69, 9.17) is 14.2 Å². The molecule has 0 heterocycles. The van der Waals surface area contributed by atoms with Gasteiger partial charge in [0.05, 0.1) is 12.7 Å². The fourth-order valence-corrected chi connectivity index (χ4v) is 4.84. The van der Waals surface area contributed by atoms with Crippen molar-refractivity contribution >= 4 is 30.1 Å². The first-order chi connectivity index (χ1) is 16.3. The van der Waals surface area contributed by atoms with Crippen LogP contribution in [0.5, 0.6) is 0 Å². The Hall–Kier alpha value is -3.41. The minimum absolute atomic E-state index is 0.370. The summed E-state index contributed by atoms with van der Waals surface area (Å²) in [6.45, 7) is 12.9. The van der Waals surface area contributed by atoms with E-state index in [0.29, 0.717) is 5.56 Å². The first kappa shape index (κ1) is 26.2. The maximum Gasteiger partial charge on any atom is 0.337 e. The highest BCUT2D eigenvalue weighted by Crippen LogP contribution is 2.49. The molecule has 0 spiro atoms. The van der Waals surface area contributed by atoms with E-state index in [2.05, 4.69) is 12.1 Å². The van der Waals surface area contributed by atoms with Gasteiger partial charge >= 0.3 is 17.9 Å². The monoisotopic (exact) mass is 478 g/mol. The van der Waals surface area contributed by atoms with E-state index >= 15 is 0 Å². The van der Waals surface area contributed by atoms with Crippen molar-refractivity contribution in [3.8, 4) is 0 Å². The van der Waals surface area contributed by atoms with Gasteiger partial charge in [0.15, 0.2) is 0 Å². The van der Waals surface area contributed by atoms with Crippen LogP contribution < -0.4 is 0 Å². The topological polar surface area (TPSA) is 78.9 Å². The zero-order valence-electron chi connectivity index (χ0n) is 21.7. The van der Waals surface area contributed by atoms with Crippen LogP contribution in [0.15, 0.2) is 36.4 Å². The van der Waals surface area contributed by atoms with Crippen LogP contribution in [0, 0.1) is 6.92 Å². The summed E-state index contributed by atoms with van der Waals surface area (Å²) in [4.78, 5) is 35.7. The number of benzene rings is 2. The molecular formula is C29H34O6. The second-order valence-corrected chi connectivity index (χ2v) is 10.2. The van der Waals surface area contributed by atoms with E-state index in [9.17, 15) is 14.4 Å². The quantitative estimate of drug-likeness (QED) is 0.326. The minimum atomic E-state index is -0.642. The number of carbonyl (C=O) groups excluding carboxylic acids is 3. The number of rotatable bonds is 5. The molecule has 3 rings (SSSR count). The lowest BCUT2D eigenvalue weighted by atomic mass is 9.59. The highest BCUT2D eigenvalue weighted by molar-refractivity contribution is 5.89. The van der Waals surface area contributed by atoms with Gasteiger partial charge in [-0.1, -0.05) is 64.1 Å². The van der Waals surface area contributed by atoms with Crippen LogP contribution in [0.2, 0.25) is 0 Å². The lowest BCUT2D eigenvalue weighted by molar-refractivity contribution is -0.179. The van der Waals surface area contributed by atoms with Crippen molar-refractivity contribution in [1.82, 2.24) is 0 Å². The average Bonchev–Trinajstić information content (AvgIpc) is 2.78. The Labute approximate surface area is 207 Å². The van der Waals surface area contributed by atoms with Gasteiger partial charge in [0.1, 0.15) is 12.2 Å². The third kappa shape index (κ3) is 5.16. The molecule has 186 valence electrons. The molecule has 0 fully saturated rings. The Morgan fingerprint density at radius 1 is 0.800 bits per heavy atom. The van der Waals surface area contributed by atoms with E-state index in [-0.39, 0.29) is 5.97 Å². The molecule has 0 aromatic heterocycles. The van der Waals surface area contributed by atoms with Crippen LogP contribution in [-0.2, 0) is 34.6 Å². The number of esters is 3. The summed E-state index contributed by atoms with van der Waals surface area (Å²) < 4.78 is 16.3.